The van der Waals surface area contributed by atoms with Crippen molar-refractivity contribution in [3.05, 3.63) is 39.9 Å². The van der Waals surface area contributed by atoms with E-state index in [0.29, 0.717) is 57.3 Å². The number of hydrogen-bond donors (Lipinski definition) is 3. The van der Waals surface area contributed by atoms with Gasteiger partial charge in [0.05, 0.1) is 12.3 Å². The zero-order valence-corrected chi connectivity index (χ0v) is 26.4. The van der Waals surface area contributed by atoms with Gasteiger partial charge in [-0.25, -0.2) is 29.7 Å². The molecule has 4 N–H and O–H groups in total. The largest absolute Gasteiger partial charge is 0.480 e. The van der Waals surface area contributed by atoms with Gasteiger partial charge in [0.25, 0.3) is 11.9 Å². The molecule has 14 nitrogen and oxygen atoms in total. The van der Waals surface area contributed by atoms with E-state index in [0.717, 1.165) is 24.8 Å². The van der Waals surface area contributed by atoms with Gasteiger partial charge in [0.1, 0.15) is 12.1 Å². The zero-order valence-electron chi connectivity index (χ0n) is 26.4. The van der Waals surface area contributed by atoms with E-state index in [1.165, 1.54) is 42.0 Å². The fourth-order valence-electron chi connectivity index (χ4n) is 5.97. The molecule has 2 saturated heterocycles. The molecule has 2 heterocycles. The van der Waals surface area contributed by atoms with Gasteiger partial charge in [-0.2, -0.15) is 0 Å². The van der Waals surface area contributed by atoms with Gasteiger partial charge in [-0.05, 0) is 62.6 Å². The highest BCUT2D eigenvalue weighted by Gasteiger charge is 2.44. The molecule has 1 aromatic carbocycles. The molecular weight excluding hydrogens is 582 g/mol. The Bertz CT molecular complexity index is 1150. The lowest BCUT2D eigenvalue weighted by Gasteiger charge is -2.43. The molecule has 3 rings (SSSR count). The van der Waals surface area contributed by atoms with E-state index in [1.807, 2.05) is 17.1 Å². The lowest BCUT2D eigenvalue weighted by molar-refractivity contribution is -0.525. The average Bonchev–Trinajstić information content (AvgIpc) is 3.17. The summed E-state index contributed by atoms with van der Waals surface area (Å²) < 4.78 is 5.69. The number of nitro groups is 1. The number of carboxylic acids is 1. The van der Waals surface area contributed by atoms with Crippen molar-refractivity contribution < 1.29 is 29.3 Å². The predicted molar refractivity (Wildman–Crippen MR) is 169 cm³/mol. The minimum atomic E-state index is -1.04. The third kappa shape index (κ3) is 11.5. The van der Waals surface area contributed by atoms with E-state index in [-0.39, 0.29) is 25.0 Å². The van der Waals surface area contributed by atoms with Crippen LogP contribution in [0.15, 0.2) is 29.3 Å². The first-order valence-corrected chi connectivity index (χ1v) is 16.3. The summed E-state index contributed by atoms with van der Waals surface area (Å²) in [4.78, 5) is 55.4. The van der Waals surface area contributed by atoms with E-state index in [1.54, 1.807) is 17.6 Å². The molecule has 2 atom stereocenters. The summed E-state index contributed by atoms with van der Waals surface area (Å²) in [5.41, 5.74) is 8.70. The van der Waals surface area contributed by atoms with Gasteiger partial charge >= 0.3 is 12.1 Å². The molecule has 14 heteroatoms. The van der Waals surface area contributed by atoms with E-state index >= 15 is 0 Å². The molecule has 250 valence electrons. The SMILES string of the molecule is CCCCCCCCCCOC(=O)N(CCCc1ccc(N=C(N)N[N+](=O)[O-])cc1)[C@H]1CCCN2CCC[C@@H](C(=O)O)N2C1=O. The second-order valence-corrected chi connectivity index (χ2v) is 11.7. The van der Waals surface area contributed by atoms with Gasteiger partial charge in [-0.3, -0.25) is 14.7 Å². The molecule has 0 radical (unpaired) electrons. The number of aryl methyl sites for hydroxylation is 1. The van der Waals surface area contributed by atoms with Gasteiger partial charge in [-0.1, -0.05) is 69.4 Å². The van der Waals surface area contributed by atoms with Crippen LogP contribution in [0.5, 0.6) is 0 Å². The number of ether oxygens (including phenoxy) is 1. The first-order valence-electron chi connectivity index (χ1n) is 16.3. The number of hydrazine groups is 2. The van der Waals surface area contributed by atoms with Crippen LogP contribution < -0.4 is 11.2 Å². The number of nitrogens with zero attached hydrogens (tertiary/aromatic N) is 5. The Balaban J connectivity index is 1.64. The number of rotatable bonds is 17. The fraction of sp³-hybridized carbons (Fsp3) is 0.677. The third-order valence-electron chi connectivity index (χ3n) is 8.27. The van der Waals surface area contributed by atoms with Crippen molar-refractivity contribution in [1.82, 2.24) is 20.3 Å². The van der Waals surface area contributed by atoms with Crippen LogP contribution in [-0.2, 0) is 20.7 Å². The van der Waals surface area contributed by atoms with Gasteiger partial charge in [0, 0.05) is 19.6 Å². The average molecular weight is 632 g/mol. The molecule has 2 fully saturated rings. The number of aliphatic imine (C=N–C) groups is 1. The molecule has 2 aliphatic rings. The Morgan fingerprint density at radius 3 is 2.36 bits per heavy atom. The third-order valence-corrected chi connectivity index (χ3v) is 8.27. The second kappa shape index (κ2) is 18.8. The summed E-state index contributed by atoms with van der Waals surface area (Å²) in [6, 6.07) is 5.26. The van der Waals surface area contributed by atoms with Crippen LogP contribution >= 0.6 is 0 Å². The van der Waals surface area contributed by atoms with Crippen LogP contribution in [0.4, 0.5) is 10.5 Å². The van der Waals surface area contributed by atoms with Crippen molar-refractivity contribution in [1.29, 1.82) is 0 Å². The van der Waals surface area contributed by atoms with E-state index in [2.05, 4.69) is 11.9 Å². The van der Waals surface area contributed by atoms with Crippen LogP contribution in [0.25, 0.3) is 0 Å². The van der Waals surface area contributed by atoms with Crippen molar-refractivity contribution in [2.75, 3.05) is 26.2 Å². The quantitative estimate of drug-likeness (QED) is 0.0733. The Hall–Kier alpha value is -3.94. The number of nitrogens with two attached hydrogens (primary N) is 1. The first-order chi connectivity index (χ1) is 21.7. The smallest absolute Gasteiger partial charge is 0.410 e. The highest BCUT2D eigenvalue weighted by Crippen LogP contribution is 2.27. The molecule has 0 spiro atoms. The van der Waals surface area contributed by atoms with Gasteiger partial charge in [0.2, 0.25) is 0 Å². The summed E-state index contributed by atoms with van der Waals surface area (Å²) >= 11 is 0. The number of aliphatic carboxylic acids is 1. The normalized spacial score (nSPS) is 19.0. The number of amides is 2. The predicted octanol–water partition coefficient (Wildman–Crippen LogP) is 4.38. The molecule has 0 aromatic heterocycles. The highest BCUT2D eigenvalue weighted by molar-refractivity contribution is 5.89. The lowest BCUT2D eigenvalue weighted by atomic mass is 10.1. The van der Waals surface area contributed by atoms with Crippen molar-refractivity contribution in [2.24, 2.45) is 10.7 Å². The summed E-state index contributed by atoms with van der Waals surface area (Å²) in [6.07, 6.45) is 11.7. The van der Waals surface area contributed by atoms with E-state index in [4.69, 9.17) is 10.5 Å². The summed E-state index contributed by atoms with van der Waals surface area (Å²) in [5.74, 6) is -1.74. The highest BCUT2D eigenvalue weighted by atomic mass is 16.7. The monoisotopic (exact) mass is 631 g/mol. The van der Waals surface area contributed by atoms with E-state index < -0.39 is 29.2 Å². The fourth-order valence-corrected chi connectivity index (χ4v) is 5.97. The topological polar surface area (TPSA) is 184 Å². The molecular formula is C31H49N7O7. The number of carboxylic acid groups (broad SMARTS) is 1. The summed E-state index contributed by atoms with van der Waals surface area (Å²) in [7, 11) is 0. The van der Waals surface area contributed by atoms with Crippen LogP contribution in [0, 0.1) is 10.1 Å². The van der Waals surface area contributed by atoms with Crippen LogP contribution in [-0.4, -0.2) is 87.3 Å². The molecule has 0 saturated carbocycles. The number of benzene rings is 1. The van der Waals surface area contributed by atoms with Crippen molar-refractivity contribution in [3.63, 3.8) is 0 Å². The maximum Gasteiger partial charge on any atom is 0.410 e. The van der Waals surface area contributed by atoms with Crippen LogP contribution in [0.3, 0.4) is 0 Å². The first kappa shape index (κ1) is 35.5. The minimum Gasteiger partial charge on any atom is -0.480 e. The Morgan fingerprint density at radius 1 is 1.07 bits per heavy atom. The molecule has 45 heavy (non-hydrogen) atoms. The maximum atomic E-state index is 13.9. The second-order valence-electron chi connectivity index (χ2n) is 11.7. The number of carbonyl (C=O) groups excluding carboxylic acids is 2. The van der Waals surface area contributed by atoms with Gasteiger partial charge < -0.3 is 15.6 Å². The molecule has 2 amide bonds. The van der Waals surface area contributed by atoms with Crippen molar-refractivity contribution in [3.8, 4) is 0 Å². The minimum absolute atomic E-state index is 0.262. The Labute approximate surface area is 265 Å². The molecule has 0 bridgehead atoms. The number of unbranched alkanes of at least 4 members (excludes halogenated alkanes) is 7. The lowest BCUT2D eigenvalue weighted by Crippen LogP contribution is -2.61. The number of fused-ring (bicyclic) bond motifs is 1. The van der Waals surface area contributed by atoms with Crippen molar-refractivity contribution in [2.45, 2.75) is 109 Å². The number of nitrogens with one attached hydrogen (secondary N) is 1. The summed E-state index contributed by atoms with van der Waals surface area (Å²) in [6.45, 7) is 3.90. The number of hydrogen-bond acceptors (Lipinski definition) is 8. The van der Waals surface area contributed by atoms with Crippen LogP contribution in [0.2, 0.25) is 0 Å². The Kier molecular flexibility index (Phi) is 14.8. The molecule has 2 aliphatic heterocycles. The van der Waals surface area contributed by atoms with Crippen molar-refractivity contribution >= 4 is 29.6 Å². The number of guanidine groups is 1. The molecule has 0 unspecified atom stereocenters. The number of carbonyl (C=O) groups is 3. The summed E-state index contributed by atoms with van der Waals surface area (Å²) in [5, 5.41) is 22.8. The molecule has 1 aromatic rings. The van der Waals surface area contributed by atoms with Gasteiger partial charge in [-0.15, -0.1) is 0 Å². The maximum absolute atomic E-state index is 13.9. The van der Waals surface area contributed by atoms with E-state index in [9.17, 15) is 29.6 Å². The molecule has 0 aliphatic carbocycles. The Morgan fingerprint density at radius 2 is 1.71 bits per heavy atom. The standard InChI is InChI=1S/C31H49N7O7/c1-2-3-4-5-6-7-8-9-23-45-31(42)36(22-10-13-24-16-18-25(19-17-24)33-30(32)34-38(43)44)26-14-11-20-35-21-12-15-27(29(40)41)37(35)28(26)39/h16-19,26-27H,2-15,20-23H2,1H3,(H,40,41)(H3,32,33,34)/t26-,27-/m0/s1. The zero-order chi connectivity index (χ0) is 32.6. The van der Waals surface area contributed by atoms with Crippen LogP contribution in [0.1, 0.15) is 96.0 Å². The van der Waals surface area contributed by atoms with Gasteiger partial charge in [0.15, 0.2) is 5.03 Å².